The van der Waals surface area contributed by atoms with Crippen molar-refractivity contribution >= 4 is 5.69 Å². The van der Waals surface area contributed by atoms with Gasteiger partial charge in [-0.25, -0.2) is 0 Å². The fourth-order valence-electron chi connectivity index (χ4n) is 1.94. The van der Waals surface area contributed by atoms with Gasteiger partial charge in [0, 0.05) is 5.54 Å². The van der Waals surface area contributed by atoms with E-state index in [4.69, 9.17) is 4.74 Å². The summed E-state index contributed by atoms with van der Waals surface area (Å²) < 4.78 is 5.34. The SMILES string of the molecule is COc1cccc2c1NC(C)(C)CC2. The Bertz CT molecular complexity index is 330. The molecule has 0 aliphatic carbocycles. The number of ether oxygens (including phenoxy) is 1. The van der Waals surface area contributed by atoms with Gasteiger partial charge in [-0.05, 0) is 38.3 Å². The van der Waals surface area contributed by atoms with E-state index in [0.717, 1.165) is 12.2 Å². The summed E-state index contributed by atoms with van der Waals surface area (Å²) in [6.45, 7) is 4.45. The molecule has 0 fully saturated rings. The van der Waals surface area contributed by atoms with Crippen LogP contribution in [0.5, 0.6) is 5.75 Å². The minimum absolute atomic E-state index is 0.182. The van der Waals surface area contributed by atoms with Crippen LogP contribution in [0.4, 0.5) is 5.69 Å². The second-order valence-electron chi connectivity index (χ2n) is 4.50. The minimum Gasteiger partial charge on any atom is -0.495 e. The van der Waals surface area contributed by atoms with E-state index in [9.17, 15) is 0 Å². The number of nitrogens with one attached hydrogen (secondary N) is 1. The normalized spacial score (nSPS) is 18.2. The van der Waals surface area contributed by atoms with Gasteiger partial charge >= 0.3 is 0 Å². The molecule has 0 aromatic heterocycles. The first-order chi connectivity index (χ1) is 6.62. The Morgan fingerprint density at radius 2 is 2.14 bits per heavy atom. The molecule has 0 amide bonds. The molecule has 2 nitrogen and oxygen atoms in total. The molecule has 1 heterocycles. The van der Waals surface area contributed by atoms with E-state index in [-0.39, 0.29) is 5.54 Å². The number of para-hydroxylation sites is 1. The molecule has 1 aromatic carbocycles. The fraction of sp³-hybridized carbons (Fsp3) is 0.500. The number of benzene rings is 1. The second-order valence-corrected chi connectivity index (χ2v) is 4.50. The summed E-state index contributed by atoms with van der Waals surface area (Å²) in [5, 5.41) is 3.53. The largest absolute Gasteiger partial charge is 0.495 e. The lowest BCUT2D eigenvalue weighted by molar-refractivity contribution is 0.409. The van der Waals surface area contributed by atoms with Crippen molar-refractivity contribution < 1.29 is 4.74 Å². The Hall–Kier alpha value is -1.18. The summed E-state index contributed by atoms with van der Waals surface area (Å²) in [5.74, 6) is 0.954. The van der Waals surface area contributed by atoms with Crippen LogP contribution < -0.4 is 10.1 Å². The molecule has 0 saturated carbocycles. The quantitative estimate of drug-likeness (QED) is 0.737. The predicted octanol–water partition coefficient (Wildman–Crippen LogP) is 2.83. The van der Waals surface area contributed by atoms with Gasteiger partial charge in [-0.1, -0.05) is 12.1 Å². The van der Waals surface area contributed by atoms with Gasteiger partial charge in [-0.3, -0.25) is 0 Å². The Morgan fingerprint density at radius 3 is 2.86 bits per heavy atom. The molecule has 0 unspecified atom stereocenters. The molecule has 0 saturated heterocycles. The summed E-state index contributed by atoms with van der Waals surface area (Å²) >= 11 is 0. The third-order valence-corrected chi connectivity index (χ3v) is 2.82. The predicted molar refractivity (Wildman–Crippen MR) is 59.0 cm³/mol. The van der Waals surface area contributed by atoms with Gasteiger partial charge in [0.2, 0.25) is 0 Å². The first kappa shape index (κ1) is 9.38. The molecular formula is C12H17NO. The lowest BCUT2D eigenvalue weighted by Gasteiger charge is -2.34. The maximum absolute atomic E-state index is 5.34. The minimum atomic E-state index is 0.182. The van der Waals surface area contributed by atoms with Crippen LogP contribution in [-0.4, -0.2) is 12.6 Å². The Labute approximate surface area is 85.3 Å². The maximum Gasteiger partial charge on any atom is 0.142 e. The Morgan fingerprint density at radius 1 is 1.36 bits per heavy atom. The van der Waals surface area contributed by atoms with Crippen LogP contribution >= 0.6 is 0 Å². The fourth-order valence-corrected chi connectivity index (χ4v) is 1.94. The van der Waals surface area contributed by atoms with E-state index in [0.29, 0.717) is 0 Å². The Kier molecular flexibility index (Phi) is 2.14. The second kappa shape index (κ2) is 3.19. The highest BCUT2D eigenvalue weighted by Crippen LogP contribution is 2.36. The van der Waals surface area contributed by atoms with E-state index in [1.165, 1.54) is 17.7 Å². The lowest BCUT2D eigenvalue weighted by atomic mass is 9.89. The lowest BCUT2D eigenvalue weighted by Crippen LogP contribution is -2.35. The van der Waals surface area contributed by atoms with Gasteiger partial charge in [0.1, 0.15) is 5.75 Å². The number of rotatable bonds is 1. The average Bonchev–Trinajstić information content (AvgIpc) is 2.15. The van der Waals surface area contributed by atoms with Gasteiger partial charge in [0.05, 0.1) is 12.8 Å². The number of aryl methyl sites for hydroxylation is 1. The zero-order valence-corrected chi connectivity index (χ0v) is 9.05. The van der Waals surface area contributed by atoms with Crippen molar-refractivity contribution in [1.82, 2.24) is 0 Å². The summed E-state index contributed by atoms with van der Waals surface area (Å²) in [6.07, 6.45) is 2.31. The summed E-state index contributed by atoms with van der Waals surface area (Å²) in [7, 11) is 1.72. The highest BCUT2D eigenvalue weighted by molar-refractivity contribution is 5.64. The van der Waals surface area contributed by atoms with Crippen LogP contribution in [0.1, 0.15) is 25.8 Å². The van der Waals surface area contributed by atoms with Crippen molar-refractivity contribution in [3.8, 4) is 5.75 Å². The zero-order chi connectivity index (χ0) is 10.2. The first-order valence-electron chi connectivity index (χ1n) is 5.06. The van der Waals surface area contributed by atoms with Crippen molar-refractivity contribution in [2.45, 2.75) is 32.2 Å². The highest BCUT2D eigenvalue weighted by Gasteiger charge is 2.25. The number of hydrogen-bond donors (Lipinski definition) is 1. The number of fused-ring (bicyclic) bond motifs is 1. The number of methoxy groups -OCH3 is 1. The first-order valence-corrected chi connectivity index (χ1v) is 5.06. The van der Waals surface area contributed by atoms with Crippen molar-refractivity contribution in [3.05, 3.63) is 23.8 Å². The molecule has 0 spiro atoms. The standard InChI is InChI=1S/C12H17NO/c1-12(2)8-7-9-5-4-6-10(14-3)11(9)13-12/h4-6,13H,7-8H2,1-3H3. The van der Waals surface area contributed by atoms with Crippen molar-refractivity contribution in [3.63, 3.8) is 0 Å². The van der Waals surface area contributed by atoms with Crippen LogP contribution in [0, 0.1) is 0 Å². The summed E-state index contributed by atoms with van der Waals surface area (Å²) in [5.41, 5.74) is 2.72. The van der Waals surface area contributed by atoms with Crippen LogP contribution in [0.25, 0.3) is 0 Å². The van der Waals surface area contributed by atoms with Crippen LogP contribution in [0.2, 0.25) is 0 Å². The van der Waals surface area contributed by atoms with E-state index in [1.807, 2.05) is 6.07 Å². The topological polar surface area (TPSA) is 21.3 Å². The van der Waals surface area contributed by atoms with Gasteiger partial charge in [0.25, 0.3) is 0 Å². The molecule has 2 heteroatoms. The van der Waals surface area contributed by atoms with Gasteiger partial charge in [-0.2, -0.15) is 0 Å². The molecule has 1 aliphatic heterocycles. The highest BCUT2D eigenvalue weighted by atomic mass is 16.5. The van der Waals surface area contributed by atoms with Gasteiger partial charge in [0.15, 0.2) is 0 Å². The van der Waals surface area contributed by atoms with E-state index in [2.05, 4.69) is 31.3 Å². The Balaban J connectivity index is 2.43. The monoisotopic (exact) mass is 191 g/mol. The van der Waals surface area contributed by atoms with Crippen molar-refractivity contribution in [2.75, 3.05) is 12.4 Å². The molecule has 2 rings (SSSR count). The summed E-state index contributed by atoms with van der Waals surface area (Å²) in [6, 6.07) is 6.23. The van der Waals surface area contributed by atoms with E-state index in [1.54, 1.807) is 7.11 Å². The molecule has 14 heavy (non-hydrogen) atoms. The molecule has 1 N–H and O–H groups in total. The third kappa shape index (κ3) is 1.57. The molecule has 0 atom stereocenters. The summed E-state index contributed by atoms with van der Waals surface area (Å²) in [4.78, 5) is 0. The molecule has 76 valence electrons. The van der Waals surface area contributed by atoms with Crippen LogP contribution in [-0.2, 0) is 6.42 Å². The maximum atomic E-state index is 5.34. The third-order valence-electron chi connectivity index (χ3n) is 2.82. The number of hydrogen-bond acceptors (Lipinski definition) is 2. The van der Waals surface area contributed by atoms with Gasteiger partial charge < -0.3 is 10.1 Å². The average molecular weight is 191 g/mol. The van der Waals surface area contributed by atoms with Crippen molar-refractivity contribution in [1.29, 1.82) is 0 Å². The molecule has 0 bridgehead atoms. The number of anilines is 1. The molecular weight excluding hydrogens is 174 g/mol. The van der Waals surface area contributed by atoms with E-state index >= 15 is 0 Å². The zero-order valence-electron chi connectivity index (χ0n) is 9.05. The van der Waals surface area contributed by atoms with Crippen molar-refractivity contribution in [2.24, 2.45) is 0 Å². The molecule has 1 aliphatic rings. The molecule has 0 radical (unpaired) electrons. The van der Waals surface area contributed by atoms with E-state index < -0.39 is 0 Å². The van der Waals surface area contributed by atoms with Crippen LogP contribution in [0.3, 0.4) is 0 Å². The van der Waals surface area contributed by atoms with Crippen LogP contribution in [0.15, 0.2) is 18.2 Å². The molecule has 1 aromatic rings. The van der Waals surface area contributed by atoms with Gasteiger partial charge in [-0.15, -0.1) is 0 Å². The smallest absolute Gasteiger partial charge is 0.142 e.